The van der Waals surface area contributed by atoms with Crippen LogP contribution in [0.25, 0.3) is 86.3 Å². The number of thiophene rings is 1. The molecule has 0 radical (unpaired) electrons. The molecule has 0 aliphatic heterocycles. The normalized spacial score (nSPS) is 11.6. The molecule has 11 aromatic rings. The first-order valence-corrected chi connectivity index (χ1v) is 19.5. The van der Waals surface area contributed by atoms with Crippen molar-refractivity contribution in [2.45, 2.75) is 0 Å². The number of anilines is 3. The molecule has 0 amide bonds. The van der Waals surface area contributed by atoms with Crippen LogP contribution in [0.5, 0.6) is 0 Å². The van der Waals surface area contributed by atoms with E-state index in [1.54, 1.807) is 0 Å². The Bertz CT molecular complexity index is 3210. The van der Waals surface area contributed by atoms with Gasteiger partial charge in [0.15, 0.2) is 0 Å². The molecule has 0 saturated carbocycles. The Morgan fingerprint density at radius 1 is 0.309 bits per heavy atom. The van der Waals surface area contributed by atoms with Crippen LogP contribution in [0.4, 0.5) is 17.1 Å². The summed E-state index contributed by atoms with van der Waals surface area (Å²) in [6.45, 7) is 0. The highest BCUT2D eigenvalue weighted by molar-refractivity contribution is 7.25. The largest absolute Gasteiger partial charge is 0.456 e. The Labute approximate surface area is 322 Å². The van der Waals surface area contributed by atoms with Gasteiger partial charge in [0.1, 0.15) is 11.2 Å². The summed E-state index contributed by atoms with van der Waals surface area (Å²) in [7, 11) is 0. The van der Waals surface area contributed by atoms with Gasteiger partial charge in [0.2, 0.25) is 0 Å². The lowest BCUT2D eigenvalue weighted by atomic mass is 9.99. The first-order chi connectivity index (χ1) is 27.2. The second kappa shape index (κ2) is 12.9. The molecule has 55 heavy (non-hydrogen) atoms. The highest BCUT2D eigenvalue weighted by Gasteiger charge is 2.16. The Balaban J connectivity index is 0.989. The Kier molecular flexibility index (Phi) is 7.39. The molecule has 2 aromatic heterocycles. The van der Waals surface area contributed by atoms with Crippen molar-refractivity contribution in [1.29, 1.82) is 0 Å². The Morgan fingerprint density at radius 3 is 1.71 bits per heavy atom. The van der Waals surface area contributed by atoms with E-state index in [1.165, 1.54) is 53.2 Å². The maximum atomic E-state index is 6.23. The van der Waals surface area contributed by atoms with Gasteiger partial charge < -0.3 is 9.32 Å². The third-order valence-electron chi connectivity index (χ3n) is 10.9. The van der Waals surface area contributed by atoms with Gasteiger partial charge in [-0.1, -0.05) is 121 Å². The van der Waals surface area contributed by atoms with E-state index >= 15 is 0 Å². The van der Waals surface area contributed by atoms with Crippen LogP contribution in [0.2, 0.25) is 0 Å². The minimum absolute atomic E-state index is 0.904. The smallest absolute Gasteiger partial charge is 0.136 e. The highest BCUT2D eigenvalue weighted by Crippen LogP contribution is 2.41. The summed E-state index contributed by atoms with van der Waals surface area (Å²) in [5.41, 5.74) is 12.2. The van der Waals surface area contributed by atoms with Crippen molar-refractivity contribution in [3.05, 3.63) is 200 Å². The Hall–Kier alpha value is -6.94. The summed E-state index contributed by atoms with van der Waals surface area (Å²) < 4.78 is 8.88. The number of rotatable bonds is 6. The zero-order valence-corrected chi connectivity index (χ0v) is 30.6. The lowest BCUT2D eigenvalue weighted by Crippen LogP contribution is -2.10. The fourth-order valence-corrected chi connectivity index (χ4v) is 9.14. The topological polar surface area (TPSA) is 16.4 Å². The highest BCUT2D eigenvalue weighted by atomic mass is 32.1. The number of furan rings is 1. The molecule has 0 fully saturated rings. The van der Waals surface area contributed by atoms with Crippen molar-refractivity contribution in [2.75, 3.05) is 4.90 Å². The van der Waals surface area contributed by atoms with Crippen LogP contribution < -0.4 is 4.90 Å². The zero-order valence-electron chi connectivity index (χ0n) is 29.8. The van der Waals surface area contributed by atoms with Gasteiger partial charge in [-0.25, -0.2) is 0 Å². The van der Waals surface area contributed by atoms with Gasteiger partial charge in [-0.15, -0.1) is 11.3 Å². The number of benzene rings is 9. The second-order valence-electron chi connectivity index (χ2n) is 14.2. The van der Waals surface area contributed by atoms with Crippen molar-refractivity contribution in [3.8, 4) is 33.4 Å². The van der Waals surface area contributed by atoms with Gasteiger partial charge in [0.25, 0.3) is 0 Å². The fraction of sp³-hybridized carbons (Fsp3) is 0. The van der Waals surface area contributed by atoms with Gasteiger partial charge in [0.05, 0.1) is 0 Å². The van der Waals surface area contributed by atoms with E-state index in [4.69, 9.17) is 4.42 Å². The van der Waals surface area contributed by atoms with Crippen LogP contribution in [-0.4, -0.2) is 0 Å². The van der Waals surface area contributed by atoms with Crippen molar-refractivity contribution >= 4 is 81.3 Å². The van der Waals surface area contributed by atoms with Gasteiger partial charge in [-0.3, -0.25) is 0 Å². The predicted molar refractivity (Wildman–Crippen MR) is 235 cm³/mol. The van der Waals surface area contributed by atoms with E-state index in [0.29, 0.717) is 0 Å². The molecule has 0 bridgehead atoms. The van der Waals surface area contributed by atoms with Crippen molar-refractivity contribution in [3.63, 3.8) is 0 Å². The van der Waals surface area contributed by atoms with E-state index < -0.39 is 0 Å². The lowest BCUT2D eigenvalue weighted by Gasteiger charge is -2.26. The molecule has 2 heterocycles. The number of para-hydroxylation sites is 1. The van der Waals surface area contributed by atoms with Crippen molar-refractivity contribution < 1.29 is 4.42 Å². The third kappa shape index (κ3) is 5.56. The molecule has 0 aliphatic rings. The molecule has 11 rings (SSSR count). The standard InChI is InChI=1S/C52H33NOS/c1-2-9-37-30-39(17-16-34(37)8-1)38-10-7-11-44(31-38)53(42-24-18-35(19-25-42)40-23-29-52-48(32-40)47-13-4-6-15-51(47)55-52)43-26-20-36(21-27-43)41-22-28-46-45-12-3-5-14-49(45)54-50(46)33-41/h1-33H. The van der Waals surface area contributed by atoms with Gasteiger partial charge in [-0.05, 0) is 123 Å². The van der Waals surface area contributed by atoms with Crippen LogP contribution in [0.1, 0.15) is 0 Å². The number of hydrogen-bond donors (Lipinski definition) is 0. The minimum Gasteiger partial charge on any atom is -0.456 e. The van der Waals surface area contributed by atoms with Crippen LogP contribution in [0.15, 0.2) is 205 Å². The lowest BCUT2D eigenvalue weighted by molar-refractivity contribution is 0.669. The van der Waals surface area contributed by atoms with E-state index in [-0.39, 0.29) is 0 Å². The molecule has 0 N–H and O–H groups in total. The number of fused-ring (bicyclic) bond motifs is 7. The number of hydrogen-bond acceptors (Lipinski definition) is 3. The van der Waals surface area contributed by atoms with E-state index in [9.17, 15) is 0 Å². The van der Waals surface area contributed by atoms with Crippen molar-refractivity contribution in [2.24, 2.45) is 0 Å². The fourth-order valence-electron chi connectivity index (χ4n) is 8.06. The third-order valence-corrected chi connectivity index (χ3v) is 12.0. The summed E-state index contributed by atoms with van der Waals surface area (Å²) in [6.07, 6.45) is 0. The van der Waals surface area contributed by atoms with Gasteiger partial charge in [0, 0.05) is 48.0 Å². The Morgan fingerprint density at radius 2 is 0.891 bits per heavy atom. The summed E-state index contributed by atoms with van der Waals surface area (Å²) in [4.78, 5) is 2.36. The molecule has 3 heteroatoms. The first-order valence-electron chi connectivity index (χ1n) is 18.6. The monoisotopic (exact) mass is 719 g/mol. The summed E-state index contributed by atoms with van der Waals surface area (Å²) in [5.74, 6) is 0. The van der Waals surface area contributed by atoms with E-state index in [1.807, 2.05) is 23.5 Å². The quantitative estimate of drug-likeness (QED) is 0.170. The van der Waals surface area contributed by atoms with E-state index in [2.05, 4.69) is 193 Å². The average Bonchev–Trinajstić information content (AvgIpc) is 3.82. The molecule has 0 atom stereocenters. The molecule has 0 unspecified atom stereocenters. The summed E-state index contributed by atoms with van der Waals surface area (Å²) >= 11 is 1.86. The van der Waals surface area contributed by atoms with Crippen LogP contribution in [0.3, 0.4) is 0 Å². The van der Waals surface area contributed by atoms with Crippen LogP contribution in [-0.2, 0) is 0 Å². The molecule has 2 nitrogen and oxygen atoms in total. The van der Waals surface area contributed by atoms with Gasteiger partial charge >= 0.3 is 0 Å². The van der Waals surface area contributed by atoms with Gasteiger partial charge in [-0.2, -0.15) is 0 Å². The van der Waals surface area contributed by atoms with Crippen molar-refractivity contribution in [1.82, 2.24) is 0 Å². The second-order valence-corrected chi connectivity index (χ2v) is 15.2. The molecule has 0 spiro atoms. The van der Waals surface area contributed by atoms with Crippen LogP contribution >= 0.6 is 11.3 Å². The zero-order chi connectivity index (χ0) is 36.3. The van der Waals surface area contributed by atoms with E-state index in [0.717, 1.165) is 50.1 Å². The summed E-state index contributed by atoms with van der Waals surface area (Å²) in [6, 6.07) is 72.3. The maximum absolute atomic E-state index is 6.23. The average molecular weight is 720 g/mol. The molecule has 9 aromatic carbocycles. The SMILES string of the molecule is c1cc(-c2ccc3ccccc3c2)cc(N(c2ccc(-c3ccc4c(c3)oc3ccccc34)cc2)c2ccc(-c3ccc4sc5ccccc5c4c3)cc2)c1. The maximum Gasteiger partial charge on any atom is 0.136 e. The molecule has 0 saturated heterocycles. The summed E-state index contributed by atoms with van der Waals surface area (Å²) in [5, 5.41) is 7.40. The molecule has 258 valence electrons. The predicted octanol–water partition coefficient (Wildman–Crippen LogP) is 15.6. The minimum atomic E-state index is 0.904. The molecular formula is C52H33NOS. The molecular weight excluding hydrogens is 687 g/mol. The number of nitrogens with zero attached hydrogens (tertiary/aromatic N) is 1. The van der Waals surface area contributed by atoms with Crippen LogP contribution in [0, 0.1) is 0 Å². The molecule has 0 aliphatic carbocycles. The first kappa shape index (κ1) is 31.6.